The lowest BCUT2D eigenvalue weighted by Crippen LogP contribution is -2.48. The molecule has 1 fully saturated rings. The topological polar surface area (TPSA) is 60.5 Å². The number of anilines is 3. The van der Waals surface area contributed by atoms with Gasteiger partial charge in [-0.15, -0.1) is 0 Å². The lowest BCUT2D eigenvalue weighted by Gasteiger charge is -2.36. The van der Waals surface area contributed by atoms with Crippen molar-refractivity contribution in [2.24, 2.45) is 0 Å². The van der Waals surface area contributed by atoms with Crippen LogP contribution in [0.5, 0.6) is 0 Å². The van der Waals surface area contributed by atoms with Crippen molar-refractivity contribution in [2.75, 3.05) is 49.5 Å². The van der Waals surface area contributed by atoms with E-state index in [1.165, 1.54) is 5.56 Å². The third-order valence-electron chi connectivity index (χ3n) is 6.88. The third kappa shape index (κ3) is 6.04. The molecule has 1 aromatic heterocycles. The van der Waals surface area contributed by atoms with E-state index in [-0.39, 0.29) is 5.91 Å². The number of fused-ring (bicyclic) bond motifs is 1. The summed E-state index contributed by atoms with van der Waals surface area (Å²) in [6.45, 7) is 7.32. The molecule has 2 heterocycles. The number of benzene rings is 3. The standard InChI is InChI=1S/C30H32ClN5O/c1-2-22-8-3-5-12-27(22)33-29-21-26(25-11-4-6-13-28(25)34-29)30(37)32-14-15-35-16-18-36(19-17-35)24-10-7-9-23(31)20-24/h3-13,20-21H,2,14-19H2,1H3,(H,32,37)(H,33,34). The molecule has 37 heavy (non-hydrogen) atoms. The molecule has 0 bridgehead atoms. The molecule has 7 heteroatoms. The highest BCUT2D eigenvalue weighted by molar-refractivity contribution is 6.30. The fourth-order valence-electron chi connectivity index (χ4n) is 4.84. The van der Waals surface area contributed by atoms with Crippen LogP contribution in [0, 0.1) is 0 Å². The van der Waals surface area contributed by atoms with Crippen LogP contribution in [0.15, 0.2) is 78.9 Å². The van der Waals surface area contributed by atoms with Gasteiger partial charge in [0.1, 0.15) is 5.82 Å². The molecule has 5 rings (SSSR count). The molecule has 1 aliphatic rings. The molecule has 6 nitrogen and oxygen atoms in total. The van der Waals surface area contributed by atoms with Gasteiger partial charge in [-0.2, -0.15) is 0 Å². The molecule has 0 aliphatic carbocycles. The summed E-state index contributed by atoms with van der Waals surface area (Å²) in [5, 5.41) is 8.18. The van der Waals surface area contributed by atoms with E-state index in [1.54, 1.807) is 0 Å². The first-order valence-electron chi connectivity index (χ1n) is 12.9. The number of aryl methyl sites for hydroxylation is 1. The normalized spacial score (nSPS) is 14.1. The molecule has 0 unspecified atom stereocenters. The second kappa shape index (κ2) is 11.6. The van der Waals surface area contributed by atoms with Crippen LogP contribution >= 0.6 is 11.6 Å². The maximum Gasteiger partial charge on any atom is 0.252 e. The maximum atomic E-state index is 13.3. The van der Waals surface area contributed by atoms with Gasteiger partial charge in [-0.1, -0.05) is 61.0 Å². The molecule has 4 aromatic rings. The molecule has 1 aliphatic heterocycles. The number of nitrogens with one attached hydrogen (secondary N) is 2. The number of carbonyl (C=O) groups is 1. The van der Waals surface area contributed by atoms with Gasteiger partial charge in [0.05, 0.1) is 11.1 Å². The summed E-state index contributed by atoms with van der Waals surface area (Å²) >= 11 is 6.16. The highest BCUT2D eigenvalue weighted by Gasteiger charge is 2.18. The number of piperazine rings is 1. The van der Waals surface area contributed by atoms with E-state index in [0.29, 0.717) is 17.9 Å². The highest BCUT2D eigenvalue weighted by Crippen LogP contribution is 2.25. The second-order valence-corrected chi connectivity index (χ2v) is 9.71. The van der Waals surface area contributed by atoms with Gasteiger partial charge in [0.2, 0.25) is 0 Å². The van der Waals surface area contributed by atoms with Gasteiger partial charge in [-0.25, -0.2) is 4.98 Å². The summed E-state index contributed by atoms with van der Waals surface area (Å²) in [6.07, 6.45) is 0.914. The molecule has 190 valence electrons. The van der Waals surface area contributed by atoms with Crippen LogP contribution in [0.2, 0.25) is 5.02 Å². The van der Waals surface area contributed by atoms with Gasteiger partial charge in [-0.05, 0) is 48.4 Å². The summed E-state index contributed by atoms with van der Waals surface area (Å²) in [4.78, 5) is 22.8. The summed E-state index contributed by atoms with van der Waals surface area (Å²) in [5.41, 5.74) is 4.81. The Hall–Kier alpha value is -3.61. The third-order valence-corrected chi connectivity index (χ3v) is 7.12. The van der Waals surface area contributed by atoms with E-state index in [0.717, 1.165) is 66.4 Å². The summed E-state index contributed by atoms with van der Waals surface area (Å²) in [7, 11) is 0. The Morgan fingerprint density at radius 1 is 0.946 bits per heavy atom. The van der Waals surface area contributed by atoms with Gasteiger partial charge in [0.15, 0.2) is 0 Å². The predicted molar refractivity (Wildman–Crippen MR) is 153 cm³/mol. The van der Waals surface area contributed by atoms with Gasteiger partial charge in [0.25, 0.3) is 5.91 Å². The van der Waals surface area contributed by atoms with Crippen molar-refractivity contribution >= 4 is 45.6 Å². The smallest absolute Gasteiger partial charge is 0.252 e. The molecule has 3 aromatic carbocycles. The molecule has 0 saturated carbocycles. The SMILES string of the molecule is CCc1ccccc1Nc1cc(C(=O)NCCN2CCN(c3cccc(Cl)c3)CC2)c2ccccc2n1. The van der Waals surface area contributed by atoms with Gasteiger partial charge in [0, 0.05) is 61.1 Å². The average Bonchev–Trinajstić information content (AvgIpc) is 2.93. The van der Waals surface area contributed by atoms with E-state index in [2.05, 4.69) is 39.5 Å². The number of hydrogen-bond donors (Lipinski definition) is 2. The minimum atomic E-state index is -0.0806. The van der Waals surface area contributed by atoms with E-state index >= 15 is 0 Å². The summed E-state index contributed by atoms with van der Waals surface area (Å²) < 4.78 is 0. The molecular weight excluding hydrogens is 482 g/mol. The number of para-hydroxylation sites is 2. The zero-order chi connectivity index (χ0) is 25.6. The molecular formula is C30H32ClN5O. The van der Waals surface area contributed by atoms with Crippen LogP contribution < -0.4 is 15.5 Å². The zero-order valence-corrected chi connectivity index (χ0v) is 21.8. The largest absolute Gasteiger partial charge is 0.369 e. The minimum absolute atomic E-state index is 0.0806. The number of nitrogens with zero attached hydrogens (tertiary/aromatic N) is 3. The Morgan fingerprint density at radius 3 is 2.54 bits per heavy atom. The fourth-order valence-corrected chi connectivity index (χ4v) is 5.03. The number of aromatic nitrogens is 1. The van der Waals surface area contributed by atoms with Crippen molar-refractivity contribution in [3.63, 3.8) is 0 Å². The zero-order valence-electron chi connectivity index (χ0n) is 21.1. The predicted octanol–water partition coefficient (Wildman–Crippen LogP) is 5.75. The molecule has 0 spiro atoms. The minimum Gasteiger partial charge on any atom is -0.369 e. The van der Waals surface area contributed by atoms with Gasteiger partial charge >= 0.3 is 0 Å². The summed E-state index contributed by atoms with van der Waals surface area (Å²) in [6, 6.07) is 25.8. The first-order valence-corrected chi connectivity index (χ1v) is 13.2. The second-order valence-electron chi connectivity index (χ2n) is 9.27. The van der Waals surface area contributed by atoms with Crippen LogP contribution in [-0.4, -0.2) is 55.1 Å². The van der Waals surface area contributed by atoms with Crippen molar-refractivity contribution in [1.82, 2.24) is 15.2 Å². The Balaban J connectivity index is 1.22. The van der Waals surface area contributed by atoms with Crippen molar-refractivity contribution in [1.29, 1.82) is 0 Å². The van der Waals surface area contributed by atoms with Crippen molar-refractivity contribution in [3.05, 3.63) is 95.0 Å². The van der Waals surface area contributed by atoms with E-state index in [1.807, 2.05) is 66.7 Å². The lowest BCUT2D eigenvalue weighted by atomic mass is 10.1. The van der Waals surface area contributed by atoms with Crippen LogP contribution in [0.25, 0.3) is 10.9 Å². The Bertz CT molecular complexity index is 1380. The van der Waals surface area contributed by atoms with Crippen LogP contribution in [0.4, 0.5) is 17.2 Å². The quantitative estimate of drug-likeness (QED) is 0.314. The van der Waals surface area contributed by atoms with E-state index in [9.17, 15) is 4.79 Å². The average molecular weight is 514 g/mol. The number of rotatable bonds is 8. The first kappa shape index (κ1) is 25.1. The van der Waals surface area contributed by atoms with Crippen molar-refractivity contribution in [2.45, 2.75) is 13.3 Å². The van der Waals surface area contributed by atoms with Crippen LogP contribution in [0.3, 0.4) is 0 Å². The van der Waals surface area contributed by atoms with Gasteiger partial charge < -0.3 is 15.5 Å². The number of pyridine rings is 1. The summed E-state index contributed by atoms with van der Waals surface area (Å²) in [5.74, 6) is 0.588. The molecule has 0 atom stereocenters. The number of hydrogen-bond acceptors (Lipinski definition) is 5. The Kier molecular flexibility index (Phi) is 7.87. The maximum absolute atomic E-state index is 13.3. The van der Waals surface area contributed by atoms with Gasteiger partial charge in [-0.3, -0.25) is 9.69 Å². The number of amides is 1. The van der Waals surface area contributed by atoms with Crippen LogP contribution in [0.1, 0.15) is 22.8 Å². The Labute approximate surface area is 223 Å². The lowest BCUT2D eigenvalue weighted by molar-refractivity contribution is 0.0949. The number of carbonyl (C=O) groups excluding carboxylic acids is 1. The van der Waals surface area contributed by atoms with Crippen LogP contribution in [-0.2, 0) is 6.42 Å². The fraction of sp³-hybridized carbons (Fsp3) is 0.267. The van der Waals surface area contributed by atoms with Crippen molar-refractivity contribution in [3.8, 4) is 0 Å². The first-order chi connectivity index (χ1) is 18.1. The van der Waals surface area contributed by atoms with E-state index < -0.39 is 0 Å². The van der Waals surface area contributed by atoms with Crippen molar-refractivity contribution < 1.29 is 4.79 Å². The number of halogens is 1. The highest BCUT2D eigenvalue weighted by atomic mass is 35.5. The molecule has 0 radical (unpaired) electrons. The molecule has 1 amide bonds. The monoisotopic (exact) mass is 513 g/mol. The molecule has 2 N–H and O–H groups in total. The molecule has 1 saturated heterocycles. The Morgan fingerprint density at radius 2 is 1.73 bits per heavy atom. The van der Waals surface area contributed by atoms with E-state index in [4.69, 9.17) is 16.6 Å².